The Bertz CT molecular complexity index is 241. The van der Waals surface area contributed by atoms with Crippen LogP contribution < -0.4 is 11.2 Å². The summed E-state index contributed by atoms with van der Waals surface area (Å²) in [6.45, 7) is 7.06. The second kappa shape index (κ2) is 6.33. The van der Waals surface area contributed by atoms with Gasteiger partial charge in [-0.1, -0.05) is 6.42 Å². The Hall–Kier alpha value is -0.160. The smallest absolute Gasteiger partial charge is 0.0484 e. The van der Waals surface area contributed by atoms with Crippen LogP contribution in [0, 0.1) is 0 Å². The molecule has 4 nitrogen and oxygen atoms in total. The van der Waals surface area contributed by atoms with E-state index in [9.17, 15) is 0 Å². The molecule has 0 aromatic heterocycles. The van der Waals surface area contributed by atoms with Crippen molar-refractivity contribution in [2.24, 2.45) is 5.73 Å². The van der Waals surface area contributed by atoms with E-state index in [1.165, 1.54) is 19.3 Å². The molecule has 0 radical (unpaired) electrons. The fourth-order valence-electron chi connectivity index (χ4n) is 3.28. The average molecular weight is 255 g/mol. The zero-order valence-corrected chi connectivity index (χ0v) is 12.0. The number of nitrogens with one attached hydrogen (secondary N) is 1. The molecule has 2 saturated heterocycles. The van der Waals surface area contributed by atoms with Crippen LogP contribution in [0.2, 0.25) is 0 Å². The first-order valence-corrected chi connectivity index (χ1v) is 7.51. The molecule has 0 aromatic rings. The molecule has 2 rings (SSSR count). The Labute approximate surface area is 111 Å². The maximum atomic E-state index is 6.07. The summed E-state index contributed by atoms with van der Waals surface area (Å²) in [6.07, 6.45) is 7.18. The largest absolute Gasteiger partial charge is 0.381 e. The predicted octanol–water partition coefficient (Wildman–Crippen LogP) is 1.65. The van der Waals surface area contributed by atoms with E-state index < -0.39 is 0 Å². The van der Waals surface area contributed by atoms with E-state index >= 15 is 0 Å². The lowest BCUT2D eigenvalue weighted by Gasteiger charge is -2.46. The number of rotatable bonds is 3. The average Bonchev–Trinajstić information content (AvgIpc) is 2.60. The number of hydrogen-bond donors (Lipinski definition) is 2. The van der Waals surface area contributed by atoms with Gasteiger partial charge < -0.3 is 10.5 Å². The van der Waals surface area contributed by atoms with Crippen molar-refractivity contribution in [1.82, 2.24) is 10.4 Å². The van der Waals surface area contributed by atoms with Crippen LogP contribution in [0.25, 0.3) is 0 Å². The molecule has 106 valence electrons. The molecule has 2 fully saturated rings. The molecule has 0 amide bonds. The van der Waals surface area contributed by atoms with Crippen LogP contribution in [0.5, 0.6) is 0 Å². The zero-order chi connectivity index (χ0) is 13.0. The second-order valence-corrected chi connectivity index (χ2v) is 6.10. The van der Waals surface area contributed by atoms with Crippen molar-refractivity contribution < 1.29 is 4.74 Å². The SMILES string of the molecule is CC1CCCC(C)N1NC1(CN)CCCOCC1. The highest BCUT2D eigenvalue weighted by atomic mass is 16.5. The molecule has 3 atom stereocenters. The van der Waals surface area contributed by atoms with E-state index in [4.69, 9.17) is 10.5 Å². The van der Waals surface area contributed by atoms with Gasteiger partial charge in [-0.3, -0.25) is 0 Å². The van der Waals surface area contributed by atoms with Crippen LogP contribution in [-0.2, 0) is 4.74 Å². The minimum atomic E-state index is 0.0519. The summed E-state index contributed by atoms with van der Waals surface area (Å²) < 4.78 is 5.58. The molecule has 2 heterocycles. The summed E-state index contributed by atoms with van der Waals surface area (Å²) >= 11 is 0. The van der Waals surface area contributed by atoms with Crippen molar-refractivity contribution in [2.75, 3.05) is 19.8 Å². The van der Waals surface area contributed by atoms with Crippen molar-refractivity contribution in [1.29, 1.82) is 0 Å². The van der Waals surface area contributed by atoms with Gasteiger partial charge in [0.05, 0.1) is 0 Å². The maximum absolute atomic E-state index is 6.07. The highest BCUT2D eigenvalue weighted by Crippen LogP contribution is 2.26. The number of piperidine rings is 1. The van der Waals surface area contributed by atoms with Gasteiger partial charge in [0.15, 0.2) is 0 Å². The Morgan fingerprint density at radius 2 is 1.89 bits per heavy atom. The normalized spacial score (nSPS) is 39.5. The minimum absolute atomic E-state index is 0.0519. The fourth-order valence-corrected chi connectivity index (χ4v) is 3.28. The summed E-state index contributed by atoms with van der Waals surface area (Å²) in [7, 11) is 0. The maximum Gasteiger partial charge on any atom is 0.0484 e. The van der Waals surface area contributed by atoms with Gasteiger partial charge in [0.1, 0.15) is 0 Å². The molecular formula is C14H29N3O. The zero-order valence-electron chi connectivity index (χ0n) is 12.0. The lowest BCUT2D eigenvalue weighted by Crippen LogP contribution is -2.63. The number of hydrogen-bond acceptors (Lipinski definition) is 4. The highest BCUT2D eigenvalue weighted by molar-refractivity contribution is 4.92. The van der Waals surface area contributed by atoms with Crippen LogP contribution in [0.3, 0.4) is 0 Å². The molecule has 0 saturated carbocycles. The fraction of sp³-hybridized carbons (Fsp3) is 1.00. The van der Waals surface area contributed by atoms with Crippen molar-refractivity contribution >= 4 is 0 Å². The first-order chi connectivity index (χ1) is 8.67. The Morgan fingerprint density at radius 1 is 1.17 bits per heavy atom. The summed E-state index contributed by atoms with van der Waals surface area (Å²) in [4.78, 5) is 0. The summed E-state index contributed by atoms with van der Waals surface area (Å²) in [5, 5.41) is 2.46. The van der Waals surface area contributed by atoms with E-state index in [-0.39, 0.29) is 5.54 Å². The molecule has 3 N–H and O–H groups in total. The molecule has 0 spiro atoms. The first-order valence-electron chi connectivity index (χ1n) is 7.51. The lowest BCUT2D eigenvalue weighted by atomic mass is 9.90. The second-order valence-electron chi connectivity index (χ2n) is 6.10. The topological polar surface area (TPSA) is 50.5 Å². The molecule has 0 aliphatic carbocycles. The van der Waals surface area contributed by atoms with Gasteiger partial charge in [-0.25, -0.2) is 10.4 Å². The lowest BCUT2D eigenvalue weighted by molar-refractivity contribution is -0.00444. The highest BCUT2D eigenvalue weighted by Gasteiger charge is 2.35. The standard InChI is InChI=1S/C14H29N3O/c1-12-5-3-6-13(2)17(12)16-14(11-15)7-4-9-18-10-8-14/h12-13,16H,3-11,15H2,1-2H3. The van der Waals surface area contributed by atoms with Crippen molar-refractivity contribution in [3.8, 4) is 0 Å². The molecule has 3 unspecified atom stereocenters. The third kappa shape index (κ3) is 3.23. The van der Waals surface area contributed by atoms with Gasteiger partial charge in [0, 0.05) is 37.4 Å². The van der Waals surface area contributed by atoms with Gasteiger partial charge >= 0.3 is 0 Å². The van der Waals surface area contributed by atoms with Crippen LogP contribution >= 0.6 is 0 Å². The third-order valence-electron chi connectivity index (χ3n) is 4.62. The van der Waals surface area contributed by atoms with Crippen LogP contribution in [0.4, 0.5) is 0 Å². The van der Waals surface area contributed by atoms with Crippen molar-refractivity contribution in [2.45, 2.75) is 70.0 Å². The van der Waals surface area contributed by atoms with Crippen LogP contribution in [-0.4, -0.2) is 42.4 Å². The van der Waals surface area contributed by atoms with Gasteiger partial charge in [-0.15, -0.1) is 0 Å². The molecule has 0 aromatic carbocycles. The van der Waals surface area contributed by atoms with E-state index in [2.05, 4.69) is 24.3 Å². The van der Waals surface area contributed by atoms with Crippen molar-refractivity contribution in [3.63, 3.8) is 0 Å². The Balaban J connectivity index is 2.03. The van der Waals surface area contributed by atoms with Gasteiger partial charge in [0.25, 0.3) is 0 Å². The summed E-state index contributed by atoms with van der Waals surface area (Å²) in [5.41, 5.74) is 9.91. The van der Waals surface area contributed by atoms with Gasteiger partial charge in [-0.05, 0) is 46.0 Å². The first kappa shape index (κ1) is 14.3. The Kier molecular flexibility index (Phi) is 5.01. The molecule has 18 heavy (non-hydrogen) atoms. The summed E-state index contributed by atoms with van der Waals surface area (Å²) in [5.74, 6) is 0. The van der Waals surface area contributed by atoms with Crippen LogP contribution in [0.15, 0.2) is 0 Å². The molecule has 2 aliphatic rings. The third-order valence-corrected chi connectivity index (χ3v) is 4.62. The number of hydrazine groups is 1. The quantitative estimate of drug-likeness (QED) is 0.805. The van der Waals surface area contributed by atoms with Crippen molar-refractivity contribution in [3.05, 3.63) is 0 Å². The van der Waals surface area contributed by atoms with E-state index in [0.29, 0.717) is 18.6 Å². The monoisotopic (exact) mass is 255 g/mol. The van der Waals surface area contributed by atoms with E-state index in [1.54, 1.807) is 0 Å². The van der Waals surface area contributed by atoms with Gasteiger partial charge in [0.2, 0.25) is 0 Å². The Morgan fingerprint density at radius 3 is 2.56 bits per heavy atom. The van der Waals surface area contributed by atoms with E-state index in [1.807, 2.05) is 0 Å². The molecule has 0 bridgehead atoms. The minimum Gasteiger partial charge on any atom is -0.381 e. The number of nitrogens with zero attached hydrogens (tertiary/aromatic N) is 1. The van der Waals surface area contributed by atoms with E-state index in [0.717, 1.165) is 32.5 Å². The number of nitrogens with two attached hydrogens (primary N) is 1. The predicted molar refractivity (Wildman–Crippen MR) is 74.2 cm³/mol. The molecule has 2 aliphatic heterocycles. The van der Waals surface area contributed by atoms with Crippen LogP contribution in [0.1, 0.15) is 52.4 Å². The number of ether oxygens (including phenoxy) is 1. The van der Waals surface area contributed by atoms with Gasteiger partial charge in [-0.2, -0.15) is 0 Å². The molecule has 4 heteroatoms. The molecular weight excluding hydrogens is 226 g/mol. The summed E-state index contributed by atoms with van der Waals surface area (Å²) in [6, 6.07) is 1.22.